The Morgan fingerprint density at radius 2 is 1.49 bits per heavy atom. The van der Waals surface area contributed by atoms with E-state index in [9.17, 15) is 22.4 Å². The largest absolute Gasteiger partial charge is 0.494 e. The lowest BCUT2D eigenvalue weighted by Crippen LogP contribution is -2.37. The minimum atomic E-state index is -4.80. The van der Waals surface area contributed by atoms with Gasteiger partial charge in [-0.05, 0) is 59.9 Å². The fourth-order valence-electron chi connectivity index (χ4n) is 4.98. The van der Waals surface area contributed by atoms with Crippen molar-refractivity contribution in [3.05, 3.63) is 137 Å². The van der Waals surface area contributed by atoms with Crippen molar-refractivity contribution in [2.24, 2.45) is 0 Å². The minimum Gasteiger partial charge on any atom is -0.494 e. The minimum absolute atomic E-state index is 0. The van der Waals surface area contributed by atoms with Crippen molar-refractivity contribution in [1.82, 2.24) is 4.90 Å². The monoisotopic (exact) mass is 615 g/mol. The summed E-state index contributed by atoms with van der Waals surface area (Å²) in [6.45, 7) is 2.98. The highest BCUT2D eigenvalue weighted by molar-refractivity contribution is 5.85. The summed E-state index contributed by atoms with van der Waals surface area (Å²) in [4.78, 5) is 13.2. The molecule has 228 valence electrons. The standard InChI is InChI=1S/C34H33F4NO3.ClH/c1-24(17-18-42-29-14-8-9-25(19-29)21-33(40)41)39(22-26-15-16-32(35)31(20-26)34(36,37)38)23-30(27-10-4-2-5-11-27)28-12-6-3-7-13-28;/h2-16,19-20,24,30H,17-18,21-23H2,1H3,(H,40,41);1H. The molecule has 4 aromatic rings. The van der Waals surface area contributed by atoms with Crippen LogP contribution < -0.4 is 4.74 Å². The third-order valence-corrected chi connectivity index (χ3v) is 7.22. The maximum absolute atomic E-state index is 14.1. The lowest BCUT2D eigenvalue weighted by molar-refractivity contribution is -0.140. The maximum atomic E-state index is 14.1. The Morgan fingerprint density at radius 3 is 2.07 bits per heavy atom. The third-order valence-electron chi connectivity index (χ3n) is 7.22. The number of alkyl halides is 3. The summed E-state index contributed by atoms with van der Waals surface area (Å²) >= 11 is 0. The zero-order valence-corrected chi connectivity index (χ0v) is 24.5. The molecule has 1 N–H and O–H groups in total. The summed E-state index contributed by atoms with van der Waals surface area (Å²) in [5.74, 6) is -1.74. The summed E-state index contributed by atoms with van der Waals surface area (Å²) in [6.07, 6.45) is -4.36. The van der Waals surface area contributed by atoms with Crippen LogP contribution in [0, 0.1) is 5.82 Å². The Morgan fingerprint density at radius 1 is 0.860 bits per heavy atom. The van der Waals surface area contributed by atoms with E-state index in [2.05, 4.69) is 4.90 Å². The average Bonchev–Trinajstić information content (AvgIpc) is 2.96. The van der Waals surface area contributed by atoms with Gasteiger partial charge in [-0.3, -0.25) is 9.69 Å². The van der Waals surface area contributed by atoms with E-state index in [1.807, 2.05) is 67.6 Å². The fraction of sp³-hybridized carbons (Fsp3) is 0.265. The fourth-order valence-corrected chi connectivity index (χ4v) is 4.98. The predicted octanol–water partition coefficient (Wildman–Crippen LogP) is 8.39. The normalized spacial score (nSPS) is 12.2. The molecule has 0 aliphatic rings. The number of ether oxygens (including phenoxy) is 1. The Balaban J connectivity index is 0.00000506. The molecule has 0 spiro atoms. The SMILES string of the molecule is CC(CCOc1cccc(CC(=O)O)c1)N(Cc1ccc(F)c(C(F)(F)F)c1)CC(c1ccccc1)c1ccccc1.Cl. The van der Waals surface area contributed by atoms with Crippen LogP contribution in [0.15, 0.2) is 103 Å². The number of halogens is 5. The number of rotatable bonds is 13. The van der Waals surface area contributed by atoms with Crippen molar-refractivity contribution in [3.63, 3.8) is 0 Å². The second-order valence-corrected chi connectivity index (χ2v) is 10.3. The number of aliphatic carboxylic acids is 1. The van der Waals surface area contributed by atoms with Crippen LogP contribution in [-0.4, -0.2) is 35.2 Å². The van der Waals surface area contributed by atoms with Crippen molar-refractivity contribution in [2.75, 3.05) is 13.2 Å². The first-order valence-electron chi connectivity index (χ1n) is 13.7. The molecule has 0 bridgehead atoms. The molecule has 0 saturated carbocycles. The molecular formula is C34H34ClF4NO3. The molecule has 0 saturated heterocycles. The number of carboxylic acid groups (broad SMARTS) is 1. The van der Waals surface area contributed by atoms with E-state index >= 15 is 0 Å². The van der Waals surface area contributed by atoms with Crippen molar-refractivity contribution in [2.45, 2.75) is 44.4 Å². The Bertz CT molecular complexity index is 1410. The topological polar surface area (TPSA) is 49.8 Å². The molecule has 0 aromatic heterocycles. The van der Waals surface area contributed by atoms with Gasteiger partial charge < -0.3 is 9.84 Å². The van der Waals surface area contributed by atoms with Gasteiger partial charge in [-0.15, -0.1) is 12.4 Å². The first-order chi connectivity index (χ1) is 20.1. The molecule has 0 aliphatic carbocycles. The third kappa shape index (κ3) is 9.83. The molecule has 4 rings (SSSR count). The first-order valence-corrected chi connectivity index (χ1v) is 13.7. The highest BCUT2D eigenvalue weighted by atomic mass is 35.5. The van der Waals surface area contributed by atoms with Crippen molar-refractivity contribution < 1.29 is 32.2 Å². The lowest BCUT2D eigenvalue weighted by Gasteiger charge is -2.33. The first kappa shape index (κ1) is 33.6. The van der Waals surface area contributed by atoms with E-state index in [1.165, 1.54) is 6.07 Å². The summed E-state index contributed by atoms with van der Waals surface area (Å²) in [5.41, 5.74) is 1.85. The van der Waals surface area contributed by atoms with E-state index < -0.39 is 23.5 Å². The molecular weight excluding hydrogens is 582 g/mol. The lowest BCUT2D eigenvalue weighted by atomic mass is 9.90. The van der Waals surface area contributed by atoms with Gasteiger partial charge in [0.15, 0.2) is 0 Å². The van der Waals surface area contributed by atoms with Gasteiger partial charge in [-0.25, -0.2) is 4.39 Å². The molecule has 0 fully saturated rings. The molecule has 0 radical (unpaired) electrons. The molecule has 9 heteroatoms. The molecule has 4 nitrogen and oxygen atoms in total. The van der Waals surface area contributed by atoms with E-state index in [0.717, 1.165) is 23.3 Å². The van der Waals surface area contributed by atoms with Gasteiger partial charge in [0.2, 0.25) is 0 Å². The second-order valence-electron chi connectivity index (χ2n) is 10.3. The molecule has 1 atom stereocenters. The smallest absolute Gasteiger partial charge is 0.419 e. The molecule has 43 heavy (non-hydrogen) atoms. The highest BCUT2D eigenvalue weighted by Crippen LogP contribution is 2.33. The number of hydrogen-bond acceptors (Lipinski definition) is 3. The number of carboxylic acids is 1. The van der Waals surface area contributed by atoms with Crippen molar-refractivity contribution >= 4 is 18.4 Å². The number of carbonyl (C=O) groups is 1. The van der Waals surface area contributed by atoms with Gasteiger partial charge in [-0.2, -0.15) is 13.2 Å². The quantitative estimate of drug-likeness (QED) is 0.154. The van der Waals surface area contributed by atoms with E-state index in [4.69, 9.17) is 9.84 Å². The van der Waals surface area contributed by atoms with Gasteiger partial charge in [0.05, 0.1) is 18.6 Å². The molecule has 1 unspecified atom stereocenters. The Hall–Kier alpha value is -3.88. The number of nitrogens with zero attached hydrogens (tertiary/aromatic N) is 1. The van der Waals surface area contributed by atoms with Gasteiger partial charge in [0, 0.05) is 25.0 Å². The molecule has 0 aliphatic heterocycles. The predicted molar refractivity (Wildman–Crippen MR) is 161 cm³/mol. The van der Waals surface area contributed by atoms with Crippen molar-refractivity contribution in [1.29, 1.82) is 0 Å². The van der Waals surface area contributed by atoms with Crippen molar-refractivity contribution in [3.8, 4) is 5.75 Å². The van der Waals surface area contributed by atoms with Crippen LogP contribution in [0.25, 0.3) is 0 Å². The van der Waals surface area contributed by atoms with Crippen LogP contribution in [0.3, 0.4) is 0 Å². The van der Waals surface area contributed by atoms with Crippen LogP contribution in [0.4, 0.5) is 17.6 Å². The summed E-state index contributed by atoms with van der Waals surface area (Å²) in [7, 11) is 0. The zero-order chi connectivity index (χ0) is 30.1. The Kier molecular flexibility index (Phi) is 12.2. The van der Waals surface area contributed by atoms with Crippen LogP contribution >= 0.6 is 12.4 Å². The summed E-state index contributed by atoms with van der Waals surface area (Å²) in [5, 5.41) is 9.07. The summed E-state index contributed by atoms with van der Waals surface area (Å²) in [6, 6.07) is 29.8. The van der Waals surface area contributed by atoms with Crippen LogP contribution in [0.1, 0.15) is 47.1 Å². The van der Waals surface area contributed by atoms with Crippen LogP contribution in [0.2, 0.25) is 0 Å². The Labute approximate surface area is 255 Å². The second kappa shape index (κ2) is 15.5. The molecule has 4 aromatic carbocycles. The zero-order valence-electron chi connectivity index (χ0n) is 23.6. The maximum Gasteiger partial charge on any atom is 0.419 e. The van der Waals surface area contributed by atoms with Gasteiger partial charge >= 0.3 is 12.1 Å². The van der Waals surface area contributed by atoms with Crippen LogP contribution in [-0.2, 0) is 23.9 Å². The summed E-state index contributed by atoms with van der Waals surface area (Å²) < 4.78 is 60.5. The van der Waals surface area contributed by atoms with E-state index in [-0.39, 0.29) is 37.3 Å². The average molecular weight is 616 g/mol. The molecule has 0 heterocycles. The van der Waals surface area contributed by atoms with Gasteiger partial charge in [0.1, 0.15) is 11.6 Å². The van der Waals surface area contributed by atoms with E-state index in [0.29, 0.717) is 36.4 Å². The van der Waals surface area contributed by atoms with Gasteiger partial charge in [0.25, 0.3) is 0 Å². The van der Waals surface area contributed by atoms with Gasteiger partial charge in [-0.1, -0.05) is 78.9 Å². The van der Waals surface area contributed by atoms with Crippen LogP contribution in [0.5, 0.6) is 5.75 Å². The molecule has 0 amide bonds. The number of hydrogen-bond donors (Lipinski definition) is 1. The highest BCUT2D eigenvalue weighted by Gasteiger charge is 2.34. The van der Waals surface area contributed by atoms with E-state index in [1.54, 1.807) is 24.3 Å². The number of benzene rings is 4.